The minimum Gasteiger partial charge on any atom is -0.413 e. The van der Waals surface area contributed by atoms with Crippen LogP contribution in [0.15, 0.2) is 12.2 Å². The Morgan fingerprint density at radius 1 is 1.17 bits per heavy atom. The molecule has 2 aliphatic carbocycles. The van der Waals surface area contributed by atoms with Crippen molar-refractivity contribution < 1.29 is 9.22 Å². The first-order valence-corrected chi connectivity index (χ1v) is 12.0. The van der Waals surface area contributed by atoms with E-state index in [1.54, 1.807) is 0 Å². The topological polar surface area (TPSA) is 26.3 Å². The van der Waals surface area contributed by atoms with Gasteiger partial charge in [0.2, 0.25) is 0 Å². The monoisotopic (exact) mass is 336 g/mol. The quantitative estimate of drug-likeness (QED) is 0.475. The zero-order valence-electron chi connectivity index (χ0n) is 16.5. The van der Waals surface area contributed by atoms with Crippen LogP contribution in [0.5, 0.6) is 0 Å². The average molecular weight is 337 g/mol. The van der Waals surface area contributed by atoms with Gasteiger partial charge in [-0.05, 0) is 59.7 Å². The molecule has 0 radical (unpaired) electrons. The lowest BCUT2D eigenvalue weighted by Crippen LogP contribution is -2.57. The Kier molecular flexibility index (Phi) is 4.57. The molecule has 3 atom stereocenters. The molecule has 2 nitrogen and oxygen atoms in total. The zero-order valence-corrected chi connectivity index (χ0v) is 17.5. The fraction of sp³-hybridized carbons (Fsp3) is 0.850. The summed E-state index contributed by atoms with van der Waals surface area (Å²) in [7, 11) is -1.78. The van der Waals surface area contributed by atoms with E-state index in [1.165, 1.54) is 0 Å². The summed E-state index contributed by atoms with van der Waals surface area (Å²) in [6, 6.07) is 0. The second-order valence-electron chi connectivity index (χ2n) is 10.1. The fourth-order valence-corrected chi connectivity index (χ4v) is 6.05. The van der Waals surface area contributed by atoms with Crippen LogP contribution >= 0.6 is 0 Å². The lowest BCUT2D eigenvalue weighted by molar-refractivity contribution is -0.128. The molecule has 0 bridgehead atoms. The van der Waals surface area contributed by atoms with Crippen LogP contribution in [0.4, 0.5) is 0 Å². The third-order valence-corrected chi connectivity index (χ3v) is 11.8. The number of Topliss-reactive ketones (excluding diaryl/α,β-unsaturated/α-hetero) is 1. The Morgan fingerprint density at radius 2 is 1.74 bits per heavy atom. The molecule has 0 heterocycles. The van der Waals surface area contributed by atoms with Gasteiger partial charge in [-0.1, -0.05) is 48.1 Å². The van der Waals surface area contributed by atoms with Crippen molar-refractivity contribution in [3.63, 3.8) is 0 Å². The van der Waals surface area contributed by atoms with Crippen LogP contribution in [0.1, 0.15) is 67.2 Å². The van der Waals surface area contributed by atoms with E-state index in [0.717, 1.165) is 24.8 Å². The predicted octanol–water partition coefficient (Wildman–Crippen LogP) is 5.74. The standard InChI is InChI=1S/C20H36O2Si/c1-14-15(21)10-11-16-19(5,6)17(12-13-20(14,16)7)22-23(8,9)18(2,3)4/h16-17H,1,10-13H2,2-9H3/t16-,17+,20+/m1/s1. The molecule has 132 valence electrons. The highest BCUT2D eigenvalue weighted by molar-refractivity contribution is 6.74. The van der Waals surface area contributed by atoms with Gasteiger partial charge in [0.05, 0.1) is 6.10 Å². The lowest BCUT2D eigenvalue weighted by Gasteiger charge is -2.58. The van der Waals surface area contributed by atoms with Crippen LogP contribution in [-0.4, -0.2) is 20.2 Å². The molecule has 0 aliphatic heterocycles. The van der Waals surface area contributed by atoms with Gasteiger partial charge in [-0.25, -0.2) is 0 Å². The molecule has 0 spiro atoms. The van der Waals surface area contributed by atoms with Gasteiger partial charge in [0, 0.05) is 6.42 Å². The number of hydrogen-bond donors (Lipinski definition) is 0. The van der Waals surface area contributed by atoms with Gasteiger partial charge < -0.3 is 4.43 Å². The van der Waals surface area contributed by atoms with E-state index in [1.807, 2.05) is 0 Å². The van der Waals surface area contributed by atoms with E-state index in [9.17, 15) is 4.79 Å². The molecule has 0 unspecified atom stereocenters. The molecule has 0 aromatic rings. The van der Waals surface area contributed by atoms with Crippen molar-refractivity contribution in [2.45, 2.75) is 91.5 Å². The smallest absolute Gasteiger partial charge is 0.192 e. The first-order chi connectivity index (χ1) is 10.2. The summed E-state index contributed by atoms with van der Waals surface area (Å²) in [6.07, 6.45) is 4.01. The molecule has 3 heteroatoms. The number of allylic oxidation sites excluding steroid dienone is 1. The van der Waals surface area contributed by atoms with Crippen molar-refractivity contribution in [2.24, 2.45) is 16.7 Å². The molecular weight excluding hydrogens is 300 g/mol. The molecule has 0 saturated heterocycles. The number of rotatable bonds is 2. The normalized spacial score (nSPS) is 35.1. The highest BCUT2D eigenvalue weighted by atomic mass is 28.4. The van der Waals surface area contributed by atoms with Gasteiger partial charge in [0.1, 0.15) is 0 Å². The summed E-state index contributed by atoms with van der Waals surface area (Å²) in [5.74, 6) is 0.770. The maximum absolute atomic E-state index is 12.2. The highest BCUT2D eigenvalue weighted by Gasteiger charge is 2.56. The summed E-state index contributed by atoms with van der Waals surface area (Å²) in [4.78, 5) is 12.2. The third kappa shape index (κ3) is 2.99. The van der Waals surface area contributed by atoms with Crippen LogP contribution in [0.3, 0.4) is 0 Å². The van der Waals surface area contributed by atoms with Gasteiger partial charge in [-0.2, -0.15) is 0 Å². The van der Waals surface area contributed by atoms with Crippen molar-refractivity contribution in [1.82, 2.24) is 0 Å². The summed E-state index contributed by atoms with van der Waals surface area (Å²) >= 11 is 0. The average Bonchev–Trinajstić information content (AvgIpc) is 2.38. The van der Waals surface area contributed by atoms with E-state index >= 15 is 0 Å². The number of ketones is 1. The van der Waals surface area contributed by atoms with Crippen LogP contribution in [0.2, 0.25) is 18.1 Å². The van der Waals surface area contributed by atoms with Crippen molar-refractivity contribution >= 4 is 14.1 Å². The Balaban J connectivity index is 2.29. The van der Waals surface area contributed by atoms with E-state index < -0.39 is 8.32 Å². The molecule has 23 heavy (non-hydrogen) atoms. The minimum atomic E-state index is -1.78. The van der Waals surface area contributed by atoms with E-state index in [0.29, 0.717) is 18.4 Å². The minimum absolute atomic E-state index is 0.0356. The molecule has 2 saturated carbocycles. The van der Waals surface area contributed by atoms with Crippen molar-refractivity contribution in [3.8, 4) is 0 Å². The van der Waals surface area contributed by atoms with Crippen molar-refractivity contribution in [3.05, 3.63) is 12.2 Å². The van der Waals surface area contributed by atoms with Gasteiger partial charge in [-0.3, -0.25) is 4.79 Å². The zero-order chi connectivity index (χ0) is 17.8. The van der Waals surface area contributed by atoms with Crippen LogP contribution in [0, 0.1) is 16.7 Å². The first kappa shape index (κ1) is 18.9. The molecule has 0 N–H and O–H groups in total. The van der Waals surface area contributed by atoms with Crippen molar-refractivity contribution in [1.29, 1.82) is 0 Å². The fourth-order valence-electron chi connectivity index (χ4n) is 4.56. The SMILES string of the molecule is C=C1C(=O)CC[C@@H]2C(C)(C)[C@@H](O[Si](C)(C)C(C)(C)C)CC[C@@]12C. The number of fused-ring (bicyclic) bond motifs is 1. The number of carbonyl (C=O) groups is 1. The molecule has 0 aromatic heterocycles. The molecule has 2 rings (SSSR count). The maximum atomic E-state index is 12.2. The summed E-state index contributed by atoms with van der Waals surface area (Å²) in [5.41, 5.74) is 0.922. The van der Waals surface area contributed by atoms with Crippen LogP contribution in [0.25, 0.3) is 0 Å². The Labute approximate surface area is 144 Å². The number of hydrogen-bond acceptors (Lipinski definition) is 2. The maximum Gasteiger partial charge on any atom is 0.192 e. The molecular formula is C20H36O2Si. The molecule has 2 fully saturated rings. The van der Waals surface area contributed by atoms with Gasteiger partial charge in [0.15, 0.2) is 14.1 Å². The second-order valence-corrected chi connectivity index (χ2v) is 14.9. The van der Waals surface area contributed by atoms with Gasteiger partial charge >= 0.3 is 0 Å². The largest absolute Gasteiger partial charge is 0.413 e. The van der Waals surface area contributed by atoms with Crippen LogP contribution in [-0.2, 0) is 9.22 Å². The van der Waals surface area contributed by atoms with E-state index in [-0.39, 0.29) is 21.7 Å². The highest BCUT2D eigenvalue weighted by Crippen LogP contribution is 2.59. The lowest BCUT2D eigenvalue weighted by atomic mass is 9.49. The van der Waals surface area contributed by atoms with Crippen molar-refractivity contribution in [2.75, 3.05) is 0 Å². The number of carbonyl (C=O) groups excluding carboxylic acids is 1. The summed E-state index contributed by atoms with van der Waals surface area (Å²) in [6.45, 7) is 22.8. The Morgan fingerprint density at radius 3 is 2.26 bits per heavy atom. The molecule has 0 aromatic carbocycles. The first-order valence-electron chi connectivity index (χ1n) is 9.14. The Bertz CT molecular complexity index is 512. The summed E-state index contributed by atoms with van der Waals surface area (Å²) in [5, 5.41) is 0.232. The second kappa shape index (κ2) is 5.55. The van der Waals surface area contributed by atoms with Gasteiger partial charge in [0.25, 0.3) is 0 Å². The van der Waals surface area contributed by atoms with Crippen LogP contribution < -0.4 is 0 Å². The molecule has 0 amide bonds. The third-order valence-electron chi connectivity index (χ3n) is 7.35. The van der Waals surface area contributed by atoms with E-state index in [4.69, 9.17) is 4.43 Å². The summed E-state index contributed by atoms with van der Waals surface area (Å²) < 4.78 is 6.84. The van der Waals surface area contributed by atoms with Gasteiger partial charge in [-0.15, -0.1) is 0 Å². The van der Waals surface area contributed by atoms with E-state index in [2.05, 4.69) is 61.2 Å². The predicted molar refractivity (Wildman–Crippen MR) is 100 cm³/mol. The Hall–Kier alpha value is -0.413. The molecule has 2 aliphatic rings.